The lowest BCUT2D eigenvalue weighted by Crippen LogP contribution is -2.45. The van der Waals surface area contributed by atoms with Crippen LogP contribution in [-0.2, 0) is 35.3 Å². The molecule has 1 N–H and O–H groups in total. The Hall–Kier alpha value is -4.87. The van der Waals surface area contributed by atoms with Crippen molar-refractivity contribution in [2.75, 3.05) is 13.3 Å². The Bertz CT molecular complexity index is 1620. The highest BCUT2D eigenvalue weighted by Gasteiger charge is 2.35. The van der Waals surface area contributed by atoms with E-state index in [0.717, 1.165) is 33.5 Å². The average Bonchev–Trinajstić information content (AvgIpc) is 3.40. The first-order chi connectivity index (χ1) is 21.0. The van der Waals surface area contributed by atoms with Gasteiger partial charge in [-0.3, -0.25) is 4.79 Å². The number of carbonyl (C=O) groups is 2. The van der Waals surface area contributed by atoms with E-state index in [1.807, 2.05) is 11.6 Å². The van der Waals surface area contributed by atoms with Gasteiger partial charge in [-0.2, -0.15) is 18.3 Å². The van der Waals surface area contributed by atoms with Gasteiger partial charge in [0.1, 0.15) is 0 Å². The van der Waals surface area contributed by atoms with Crippen molar-refractivity contribution in [1.29, 1.82) is 0 Å². The van der Waals surface area contributed by atoms with E-state index < -0.39 is 59.4 Å². The lowest BCUT2D eigenvalue weighted by atomic mass is 10.1. The maximum atomic E-state index is 13.5. The van der Waals surface area contributed by atoms with E-state index in [4.69, 9.17) is 4.74 Å². The van der Waals surface area contributed by atoms with Crippen LogP contribution in [0.2, 0.25) is 0 Å². The number of ether oxygens (including phenoxy) is 2. The van der Waals surface area contributed by atoms with Gasteiger partial charge >= 0.3 is 12.3 Å². The zero-order valence-corrected chi connectivity index (χ0v) is 25.6. The molecule has 0 saturated carbocycles. The van der Waals surface area contributed by atoms with Crippen molar-refractivity contribution in [2.24, 2.45) is 5.28 Å². The molecule has 1 amide bonds. The largest absolute Gasteiger partial charge is 0.569 e. The number of aryl methyl sites for hydroxylation is 1. The molecule has 0 spiro atoms. The summed E-state index contributed by atoms with van der Waals surface area (Å²) in [5, 5.41) is 20.0. The first-order valence-electron chi connectivity index (χ1n) is 13.3. The summed E-state index contributed by atoms with van der Waals surface area (Å²) in [6.07, 6.45) is -6.23. The molecule has 244 valence electrons. The number of carbonyl (C=O) groups excluding carboxylic acids is 2. The average molecular weight is 657 g/mol. The molecule has 0 saturated heterocycles. The van der Waals surface area contributed by atoms with Crippen LogP contribution in [0.5, 0.6) is 0 Å². The van der Waals surface area contributed by atoms with Gasteiger partial charge < -0.3 is 19.5 Å². The maximum absolute atomic E-state index is 13.5. The van der Waals surface area contributed by atoms with Gasteiger partial charge in [0.15, 0.2) is 12.2 Å². The molecule has 3 aromatic rings. The van der Waals surface area contributed by atoms with Crippen LogP contribution in [0.3, 0.4) is 0 Å². The van der Waals surface area contributed by atoms with Crippen LogP contribution in [0.15, 0.2) is 64.8 Å². The molecule has 14 nitrogen and oxygen atoms in total. The molecule has 0 atom stereocenters. The standard InChI is InChI=1S/C27H31F3N6O8S/c1-17(2)34(36(39)33-43-16-42-26(38)44-18(3)4)15-25(37)32-45(40,41)22-12-10-21(11-13-22)35-23(14-24(31-35)27(28,29)30)20-8-6-19(5)7-9-20/h6-14,17-18H,15-16H2,1-5H3,(H,32,37)/b36-33-. The van der Waals surface area contributed by atoms with Gasteiger partial charge in [0.2, 0.25) is 5.28 Å². The highest BCUT2D eigenvalue weighted by atomic mass is 32.2. The number of nitrogens with one attached hydrogen (secondary N) is 1. The molecule has 18 heteroatoms. The summed E-state index contributed by atoms with van der Waals surface area (Å²) in [6.45, 7) is 6.50. The molecule has 1 heterocycles. The summed E-state index contributed by atoms with van der Waals surface area (Å²) in [7, 11) is -4.47. The van der Waals surface area contributed by atoms with E-state index in [1.165, 1.54) is 26.0 Å². The number of nitrogens with zero attached hydrogens (tertiary/aromatic N) is 5. The molecule has 0 radical (unpaired) electrons. The molecule has 1 aromatic heterocycles. The molecule has 0 unspecified atom stereocenters. The van der Waals surface area contributed by atoms with Crippen molar-refractivity contribution in [3.63, 3.8) is 0 Å². The summed E-state index contributed by atoms with van der Waals surface area (Å²) < 4.78 is 78.4. The molecule has 0 aliphatic carbocycles. The van der Waals surface area contributed by atoms with E-state index in [1.54, 1.807) is 38.1 Å². The molecule has 0 aliphatic rings. The lowest BCUT2D eigenvalue weighted by Gasteiger charge is -2.21. The molecule has 0 bridgehead atoms. The monoisotopic (exact) mass is 656 g/mol. The highest BCUT2D eigenvalue weighted by molar-refractivity contribution is 7.90. The van der Waals surface area contributed by atoms with E-state index in [9.17, 15) is 36.4 Å². The minimum Gasteiger partial charge on any atom is -0.569 e. The van der Waals surface area contributed by atoms with Crippen molar-refractivity contribution in [3.05, 3.63) is 71.1 Å². The van der Waals surface area contributed by atoms with Crippen molar-refractivity contribution < 1.29 is 50.5 Å². The molecule has 0 aliphatic heterocycles. The zero-order chi connectivity index (χ0) is 33.5. The Kier molecular flexibility index (Phi) is 11.0. The van der Waals surface area contributed by atoms with Gasteiger partial charge in [-0.05, 0) is 65.0 Å². The number of amides is 1. The number of sulfonamides is 1. The van der Waals surface area contributed by atoms with Crippen LogP contribution in [0.25, 0.3) is 16.9 Å². The van der Waals surface area contributed by atoms with Crippen LogP contribution < -0.4 is 4.72 Å². The van der Waals surface area contributed by atoms with Gasteiger partial charge in [0.25, 0.3) is 22.7 Å². The van der Waals surface area contributed by atoms with Gasteiger partial charge in [-0.15, -0.1) is 5.01 Å². The maximum Gasteiger partial charge on any atom is 0.511 e. The Morgan fingerprint density at radius 3 is 2.27 bits per heavy atom. The van der Waals surface area contributed by atoms with E-state index >= 15 is 0 Å². The summed E-state index contributed by atoms with van der Waals surface area (Å²) in [5.41, 5.74) is 0.464. The number of alkyl halides is 3. The minimum absolute atomic E-state index is 0.117. The summed E-state index contributed by atoms with van der Waals surface area (Å²) >= 11 is 0. The Morgan fingerprint density at radius 2 is 1.71 bits per heavy atom. The first kappa shape index (κ1) is 34.6. The normalized spacial score (nSPS) is 12.3. The second-order valence-corrected chi connectivity index (χ2v) is 11.7. The molecule has 45 heavy (non-hydrogen) atoms. The molecule has 3 rings (SSSR count). The Morgan fingerprint density at radius 1 is 1.09 bits per heavy atom. The van der Waals surface area contributed by atoms with Crippen LogP contribution in [0, 0.1) is 12.1 Å². The van der Waals surface area contributed by atoms with Crippen molar-refractivity contribution in [3.8, 4) is 16.9 Å². The predicted molar refractivity (Wildman–Crippen MR) is 151 cm³/mol. The van der Waals surface area contributed by atoms with Gasteiger partial charge in [0, 0.05) is 5.56 Å². The third kappa shape index (κ3) is 9.56. The van der Waals surface area contributed by atoms with Gasteiger partial charge in [-0.25, -0.2) is 22.6 Å². The number of rotatable bonds is 12. The predicted octanol–water partition coefficient (Wildman–Crippen LogP) is 4.71. The van der Waals surface area contributed by atoms with Crippen LogP contribution >= 0.6 is 0 Å². The molecular weight excluding hydrogens is 625 g/mol. The fourth-order valence-electron chi connectivity index (χ4n) is 3.66. The summed E-state index contributed by atoms with van der Waals surface area (Å²) in [6, 6.07) is 11.6. The smallest absolute Gasteiger partial charge is 0.511 e. The number of halogens is 3. The highest BCUT2D eigenvalue weighted by Crippen LogP contribution is 2.33. The van der Waals surface area contributed by atoms with Crippen molar-refractivity contribution >= 4 is 22.1 Å². The van der Waals surface area contributed by atoms with E-state index in [-0.39, 0.29) is 21.2 Å². The minimum atomic E-state index is -4.73. The van der Waals surface area contributed by atoms with Crippen LogP contribution in [0.1, 0.15) is 39.0 Å². The molecular formula is C27H31F3N6O8S. The number of aromatic nitrogens is 2. The van der Waals surface area contributed by atoms with E-state index in [2.05, 4.69) is 20.0 Å². The second-order valence-electron chi connectivity index (χ2n) is 10.0. The number of hydrogen-bond donors (Lipinski definition) is 1. The third-order valence-corrected chi connectivity index (χ3v) is 7.19. The topological polar surface area (TPSA) is 167 Å². The van der Waals surface area contributed by atoms with E-state index in [0.29, 0.717) is 5.56 Å². The Labute approximate surface area is 256 Å². The number of benzene rings is 2. The molecule has 2 aromatic carbocycles. The van der Waals surface area contributed by atoms with Crippen molar-refractivity contribution in [2.45, 2.75) is 57.8 Å². The second kappa shape index (κ2) is 14.3. The Balaban J connectivity index is 1.73. The molecule has 0 fully saturated rings. The van der Waals surface area contributed by atoms with Gasteiger partial charge in [0.05, 0.1) is 33.4 Å². The quantitative estimate of drug-likeness (QED) is 0.0720. The van der Waals surface area contributed by atoms with Crippen molar-refractivity contribution in [1.82, 2.24) is 19.5 Å². The third-order valence-electron chi connectivity index (χ3n) is 5.80. The lowest BCUT2D eigenvalue weighted by molar-refractivity contribution is -0.715. The van der Waals surface area contributed by atoms with Crippen LogP contribution in [0.4, 0.5) is 18.0 Å². The number of hydrazine groups is 1. The van der Waals surface area contributed by atoms with Gasteiger partial charge in [-0.1, -0.05) is 29.8 Å². The van der Waals surface area contributed by atoms with Crippen LogP contribution in [-0.4, -0.2) is 65.7 Å². The summed E-state index contributed by atoms with van der Waals surface area (Å²) in [5.74, 6) is -1.11. The summed E-state index contributed by atoms with van der Waals surface area (Å²) in [4.78, 5) is 28.0. The SMILES string of the molecule is Cc1ccc(-c2cc(C(F)(F)F)nn2-c2ccc(S(=O)(=O)NC(=O)CN(C(C)C)/[N+]([O-])=N/OCOC(=O)OC(C)C)cc2)cc1. The fourth-order valence-corrected chi connectivity index (χ4v) is 4.64. The first-order valence-corrected chi connectivity index (χ1v) is 14.8. The zero-order valence-electron chi connectivity index (χ0n) is 24.8. The fraction of sp³-hybridized carbons (Fsp3) is 0.370. The number of hydrogen-bond acceptors (Lipinski definition) is 10.